The number of thioether (sulfide) groups is 1. The number of rotatable bonds is 7. The van der Waals surface area contributed by atoms with E-state index in [0.717, 1.165) is 23.4 Å². The summed E-state index contributed by atoms with van der Waals surface area (Å²) >= 11 is 1.41. The Kier molecular flexibility index (Phi) is 5.81. The minimum atomic E-state index is -0.369. The molecule has 2 heterocycles. The molecule has 0 unspecified atom stereocenters. The van der Waals surface area contributed by atoms with E-state index in [1.54, 1.807) is 6.08 Å². The van der Waals surface area contributed by atoms with Gasteiger partial charge in [0.25, 0.3) is 5.91 Å². The second kappa shape index (κ2) is 8.25. The molecule has 3 rings (SSSR count). The fourth-order valence-electron chi connectivity index (χ4n) is 2.73. The number of fused-ring (bicyclic) bond motifs is 1. The van der Waals surface area contributed by atoms with E-state index in [4.69, 9.17) is 5.41 Å². The first-order valence-corrected chi connectivity index (χ1v) is 9.55. The number of amides is 1. The SMILES string of the molecule is CCCCCCCC1=NN2C(=N)/C(=C\c3ccccc3)C(=O)N=C2S1. The molecule has 0 fully saturated rings. The highest BCUT2D eigenvalue weighted by Crippen LogP contribution is 2.30. The molecule has 0 bridgehead atoms. The number of aliphatic imine (C=N–C) groups is 1. The Bertz CT molecular complexity index is 752. The maximum absolute atomic E-state index is 12.3. The smallest absolute Gasteiger partial charge is 0.282 e. The molecule has 0 saturated heterocycles. The third-order valence-corrected chi connectivity index (χ3v) is 5.07. The van der Waals surface area contributed by atoms with Crippen LogP contribution in [0.15, 0.2) is 46.0 Å². The molecule has 1 aromatic rings. The van der Waals surface area contributed by atoms with Gasteiger partial charge in [0.05, 0.1) is 5.57 Å². The van der Waals surface area contributed by atoms with E-state index in [1.165, 1.54) is 42.5 Å². The quantitative estimate of drug-likeness (QED) is 0.571. The van der Waals surface area contributed by atoms with Crippen LogP contribution in [0.3, 0.4) is 0 Å². The lowest BCUT2D eigenvalue weighted by molar-refractivity contribution is -0.114. The van der Waals surface area contributed by atoms with E-state index in [1.807, 2.05) is 30.3 Å². The molecule has 130 valence electrons. The van der Waals surface area contributed by atoms with Gasteiger partial charge in [-0.15, -0.1) is 0 Å². The first kappa shape index (κ1) is 17.6. The van der Waals surface area contributed by atoms with Crippen molar-refractivity contribution in [3.05, 3.63) is 41.5 Å². The van der Waals surface area contributed by atoms with E-state index in [2.05, 4.69) is 17.0 Å². The lowest BCUT2D eigenvalue weighted by Gasteiger charge is -2.20. The lowest BCUT2D eigenvalue weighted by atomic mass is 10.1. The fraction of sp³-hybridized carbons (Fsp3) is 0.368. The molecule has 2 aliphatic rings. The normalized spacial score (nSPS) is 18.4. The van der Waals surface area contributed by atoms with Gasteiger partial charge in [-0.25, -0.2) is 0 Å². The van der Waals surface area contributed by atoms with Crippen molar-refractivity contribution >= 4 is 39.8 Å². The average Bonchev–Trinajstić information content (AvgIpc) is 3.02. The number of carbonyl (C=O) groups is 1. The number of nitrogens with one attached hydrogen (secondary N) is 1. The van der Waals surface area contributed by atoms with Crippen molar-refractivity contribution in [1.82, 2.24) is 5.01 Å². The van der Waals surface area contributed by atoms with Crippen molar-refractivity contribution in [1.29, 1.82) is 5.41 Å². The summed E-state index contributed by atoms with van der Waals surface area (Å²) in [5.74, 6) is -0.265. The van der Waals surface area contributed by atoms with Gasteiger partial charge in [0.2, 0.25) is 5.17 Å². The zero-order chi connectivity index (χ0) is 17.6. The van der Waals surface area contributed by atoms with Crippen LogP contribution in [0.4, 0.5) is 0 Å². The molecule has 1 aromatic carbocycles. The van der Waals surface area contributed by atoms with Crippen LogP contribution in [-0.2, 0) is 4.79 Å². The van der Waals surface area contributed by atoms with Crippen molar-refractivity contribution in [2.45, 2.75) is 45.4 Å². The molecule has 1 amide bonds. The first-order valence-electron chi connectivity index (χ1n) is 8.73. The monoisotopic (exact) mass is 354 g/mol. The molecule has 1 N–H and O–H groups in total. The largest absolute Gasteiger partial charge is 0.283 e. The molecule has 0 atom stereocenters. The Morgan fingerprint density at radius 1 is 1.16 bits per heavy atom. The van der Waals surface area contributed by atoms with Gasteiger partial charge in [0, 0.05) is 0 Å². The van der Waals surface area contributed by atoms with Gasteiger partial charge in [-0.1, -0.05) is 62.9 Å². The molecule has 0 aromatic heterocycles. The van der Waals surface area contributed by atoms with E-state index in [0.29, 0.717) is 5.17 Å². The van der Waals surface area contributed by atoms with Gasteiger partial charge >= 0.3 is 0 Å². The molecule has 5 nitrogen and oxygen atoms in total. The van der Waals surface area contributed by atoms with Crippen LogP contribution in [0.1, 0.15) is 51.0 Å². The summed E-state index contributed by atoms with van der Waals surface area (Å²) in [4.78, 5) is 16.4. The standard InChI is InChI=1S/C19H22N4OS/c1-2-3-4-5-9-12-16-22-23-17(20)15(18(24)21-19(23)25-16)13-14-10-7-6-8-11-14/h6-8,10-11,13,20H,2-5,9,12H2,1H3/b15-13+,20-17?. The summed E-state index contributed by atoms with van der Waals surface area (Å²) in [5, 5.41) is 15.8. The minimum absolute atomic E-state index is 0.104. The number of amidine groups is 2. The molecule has 6 heteroatoms. The molecule has 2 aliphatic heterocycles. The highest BCUT2D eigenvalue weighted by atomic mass is 32.2. The number of hydrazone groups is 1. The molecule has 0 aliphatic carbocycles. The summed E-state index contributed by atoms with van der Waals surface area (Å²) in [6.45, 7) is 2.20. The summed E-state index contributed by atoms with van der Waals surface area (Å²) in [6.07, 6.45) is 8.60. The fourth-order valence-corrected chi connectivity index (χ4v) is 3.66. The Labute approximate surface area is 152 Å². The first-order chi connectivity index (χ1) is 12.2. The number of unbranched alkanes of at least 4 members (excludes halogenated alkanes) is 4. The number of carbonyl (C=O) groups excluding carboxylic acids is 1. The van der Waals surface area contributed by atoms with E-state index in [-0.39, 0.29) is 17.3 Å². The molecule has 0 saturated carbocycles. The highest BCUT2D eigenvalue weighted by molar-refractivity contribution is 8.26. The Morgan fingerprint density at radius 2 is 1.92 bits per heavy atom. The van der Waals surface area contributed by atoms with Crippen molar-refractivity contribution in [3.8, 4) is 0 Å². The maximum Gasteiger partial charge on any atom is 0.283 e. The van der Waals surface area contributed by atoms with Crippen molar-refractivity contribution in [2.75, 3.05) is 0 Å². The van der Waals surface area contributed by atoms with Crippen molar-refractivity contribution < 1.29 is 4.79 Å². The third kappa shape index (κ3) is 4.25. The van der Waals surface area contributed by atoms with Crippen LogP contribution in [0.25, 0.3) is 6.08 Å². The summed E-state index contributed by atoms with van der Waals surface area (Å²) in [5.41, 5.74) is 1.16. The van der Waals surface area contributed by atoms with Crippen LogP contribution in [0.5, 0.6) is 0 Å². The molecule has 25 heavy (non-hydrogen) atoms. The van der Waals surface area contributed by atoms with Gasteiger partial charge < -0.3 is 0 Å². The highest BCUT2D eigenvalue weighted by Gasteiger charge is 2.35. The van der Waals surface area contributed by atoms with Crippen LogP contribution < -0.4 is 0 Å². The van der Waals surface area contributed by atoms with Gasteiger partial charge in [-0.3, -0.25) is 10.2 Å². The average molecular weight is 354 g/mol. The Balaban J connectivity index is 1.69. The topological polar surface area (TPSA) is 68.9 Å². The second-order valence-corrected chi connectivity index (χ2v) is 7.13. The predicted octanol–water partition coefficient (Wildman–Crippen LogP) is 4.67. The molecule has 0 radical (unpaired) electrons. The van der Waals surface area contributed by atoms with E-state index in [9.17, 15) is 4.79 Å². The second-order valence-electron chi connectivity index (χ2n) is 6.09. The lowest BCUT2D eigenvalue weighted by Crippen LogP contribution is -2.35. The molecular formula is C19H22N4OS. The van der Waals surface area contributed by atoms with Crippen LogP contribution in [0.2, 0.25) is 0 Å². The zero-order valence-corrected chi connectivity index (χ0v) is 15.2. The van der Waals surface area contributed by atoms with Crippen LogP contribution in [0, 0.1) is 5.41 Å². The van der Waals surface area contributed by atoms with E-state index < -0.39 is 0 Å². The van der Waals surface area contributed by atoms with Gasteiger partial charge in [0.1, 0.15) is 5.04 Å². The Hall–Kier alpha value is -2.21. The number of nitrogens with zero attached hydrogens (tertiary/aromatic N) is 3. The van der Waals surface area contributed by atoms with Crippen LogP contribution in [-0.4, -0.2) is 27.0 Å². The van der Waals surface area contributed by atoms with Gasteiger partial charge in [-0.2, -0.15) is 15.1 Å². The number of hydrogen-bond donors (Lipinski definition) is 1. The van der Waals surface area contributed by atoms with E-state index >= 15 is 0 Å². The van der Waals surface area contributed by atoms with Gasteiger partial charge in [-0.05, 0) is 36.2 Å². The van der Waals surface area contributed by atoms with Crippen molar-refractivity contribution in [3.63, 3.8) is 0 Å². The van der Waals surface area contributed by atoms with Crippen molar-refractivity contribution in [2.24, 2.45) is 10.1 Å². The Morgan fingerprint density at radius 3 is 2.68 bits per heavy atom. The number of hydrogen-bond acceptors (Lipinski definition) is 4. The zero-order valence-electron chi connectivity index (χ0n) is 14.4. The summed E-state index contributed by atoms with van der Waals surface area (Å²) in [6, 6.07) is 9.52. The van der Waals surface area contributed by atoms with Gasteiger partial charge in [0.15, 0.2) is 5.84 Å². The summed E-state index contributed by atoms with van der Waals surface area (Å²) in [7, 11) is 0. The molecule has 0 spiro atoms. The summed E-state index contributed by atoms with van der Waals surface area (Å²) < 4.78 is 0. The molecular weight excluding hydrogens is 332 g/mol. The van der Waals surface area contributed by atoms with Crippen LogP contribution >= 0.6 is 11.8 Å². The number of benzene rings is 1. The third-order valence-electron chi connectivity index (χ3n) is 4.10. The maximum atomic E-state index is 12.3. The predicted molar refractivity (Wildman–Crippen MR) is 105 cm³/mol. The minimum Gasteiger partial charge on any atom is -0.282 e.